The molecule has 3 nitrogen and oxygen atoms in total. The minimum absolute atomic E-state index is 0.300. The second-order valence-electron chi connectivity index (χ2n) is 3.03. The maximum atomic E-state index is 12.9. The molecule has 0 fully saturated rings. The van der Waals surface area contributed by atoms with E-state index in [2.05, 4.69) is 5.32 Å². The zero-order valence-electron chi connectivity index (χ0n) is 7.79. The van der Waals surface area contributed by atoms with Gasteiger partial charge in [-0.15, -0.1) is 0 Å². The Bertz CT molecular complexity index is 339. The fraction of sp³-hybridized carbons (Fsp3) is 0.300. The van der Waals surface area contributed by atoms with E-state index < -0.39 is 6.04 Å². The summed E-state index contributed by atoms with van der Waals surface area (Å²) in [5.41, 5.74) is 1.27. The summed E-state index contributed by atoms with van der Waals surface area (Å²) in [6.07, 6.45) is 0. The van der Waals surface area contributed by atoms with Gasteiger partial charge in [0.2, 0.25) is 0 Å². The summed E-state index contributed by atoms with van der Waals surface area (Å²) in [6, 6.07) is 5.55. The first-order chi connectivity index (χ1) is 6.65. The van der Waals surface area contributed by atoms with Crippen LogP contribution in [0.3, 0.4) is 0 Å². The third-order valence-corrected chi connectivity index (χ3v) is 1.72. The van der Waals surface area contributed by atoms with Crippen LogP contribution in [0.5, 0.6) is 0 Å². The topological polar surface area (TPSA) is 56.0 Å². The van der Waals surface area contributed by atoms with Crippen molar-refractivity contribution in [1.29, 1.82) is 5.26 Å². The first-order valence-electron chi connectivity index (χ1n) is 4.20. The van der Waals surface area contributed by atoms with Crippen molar-refractivity contribution in [2.45, 2.75) is 13.0 Å². The lowest BCUT2D eigenvalue weighted by Crippen LogP contribution is -2.21. The predicted octanol–water partition coefficient (Wildman–Crippen LogP) is 1.43. The van der Waals surface area contributed by atoms with Crippen LogP contribution in [0.15, 0.2) is 18.2 Å². The zero-order chi connectivity index (χ0) is 10.6. The number of benzene rings is 1. The summed E-state index contributed by atoms with van der Waals surface area (Å²) in [7, 11) is 0. The van der Waals surface area contributed by atoms with Crippen LogP contribution in [0.2, 0.25) is 0 Å². The largest absolute Gasteiger partial charge is 0.393 e. The van der Waals surface area contributed by atoms with E-state index in [-0.39, 0.29) is 12.4 Å². The Morgan fingerprint density at radius 2 is 2.29 bits per heavy atom. The minimum Gasteiger partial charge on any atom is -0.393 e. The van der Waals surface area contributed by atoms with E-state index in [0.717, 1.165) is 5.56 Å². The molecule has 0 radical (unpaired) electrons. The maximum Gasteiger partial charge on any atom is 0.137 e. The van der Waals surface area contributed by atoms with Gasteiger partial charge in [-0.05, 0) is 30.7 Å². The van der Waals surface area contributed by atoms with Crippen LogP contribution in [-0.4, -0.2) is 17.8 Å². The number of aliphatic hydroxyl groups is 1. The van der Waals surface area contributed by atoms with E-state index >= 15 is 0 Å². The van der Waals surface area contributed by atoms with Gasteiger partial charge >= 0.3 is 0 Å². The molecule has 0 amide bonds. The monoisotopic (exact) mass is 194 g/mol. The number of nitrogens with zero attached hydrogens (tertiary/aromatic N) is 1. The molecule has 0 bridgehead atoms. The van der Waals surface area contributed by atoms with E-state index in [1.165, 1.54) is 12.1 Å². The lowest BCUT2D eigenvalue weighted by Gasteiger charge is -2.10. The van der Waals surface area contributed by atoms with Gasteiger partial charge in [0.15, 0.2) is 0 Å². The molecule has 0 aliphatic carbocycles. The molecular formula is C10H11FN2O. The molecule has 0 saturated carbocycles. The summed E-state index contributed by atoms with van der Waals surface area (Å²) in [6.45, 7) is 1.46. The highest BCUT2D eigenvalue weighted by molar-refractivity contribution is 5.47. The molecule has 0 heterocycles. The fourth-order valence-corrected chi connectivity index (χ4v) is 1.14. The average molecular weight is 194 g/mol. The molecule has 1 rings (SSSR count). The Labute approximate surface area is 81.8 Å². The lowest BCUT2D eigenvalue weighted by molar-refractivity contribution is 0.293. The van der Waals surface area contributed by atoms with Gasteiger partial charge < -0.3 is 10.4 Å². The van der Waals surface area contributed by atoms with Crippen molar-refractivity contribution in [2.75, 3.05) is 11.9 Å². The number of hydrogen-bond acceptors (Lipinski definition) is 3. The van der Waals surface area contributed by atoms with Crippen LogP contribution in [-0.2, 0) is 0 Å². The average Bonchev–Trinajstić information content (AvgIpc) is 2.12. The van der Waals surface area contributed by atoms with Crippen LogP contribution in [0.25, 0.3) is 0 Å². The number of anilines is 1. The third-order valence-electron chi connectivity index (χ3n) is 1.72. The summed E-state index contributed by atoms with van der Waals surface area (Å²) in [5.74, 6) is -0.359. The highest BCUT2D eigenvalue weighted by Crippen LogP contribution is 2.13. The molecule has 0 aliphatic heterocycles. The van der Waals surface area contributed by atoms with Gasteiger partial charge in [-0.3, -0.25) is 0 Å². The van der Waals surface area contributed by atoms with Crippen molar-refractivity contribution < 1.29 is 9.50 Å². The van der Waals surface area contributed by atoms with Crippen molar-refractivity contribution in [3.63, 3.8) is 0 Å². The molecule has 1 aromatic carbocycles. The molecule has 0 saturated heterocycles. The highest BCUT2D eigenvalue weighted by Gasteiger charge is 2.05. The van der Waals surface area contributed by atoms with E-state index in [9.17, 15) is 4.39 Å². The van der Waals surface area contributed by atoms with Gasteiger partial charge in [0, 0.05) is 5.69 Å². The molecular weight excluding hydrogens is 183 g/mol. The van der Waals surface area contributed by atoms with Crippen molar-refractivity contribution >= 4 is 5.69 Å². The summed E-state index contributed by atoms with van der Waals surface area (Å²) < 4.78 is 12.9. The summed E-state index contributed by atoms with van der Waals surface area (Å²) in [4.78, 5) is 0. The van der Waals surface area contributed by atoms with Crippen LogP contribution in [0.4, 0.5) is 10.1 Å². The molecule has 14 heavy (non-hydrogen) atoms. The van der Waals surface area contributed by atoms with Crippen molar-refractivity contribution in [3.8, 4) is 6.07 Å². The van der Waals surface area contributed by atoms with E-state index in [1.807, 2.05) is 6.07 Å². The molecule has 1 unspecified atom stereocenters. The van der Waals surface area contributed by atoms with E-state index in [4.69, 9.17) is 10.4 Å². The minimum atomic E-state index is -0.698. The van der Waals surface area contributed by atoms with Gasteiger partial charge in [0.05, 0.1) is 12.7 Å². The Hall–Kier alpha value is -1.60. The Morgan fingerprint density at radius 1 is 1.57 bits per heavy atom. The summed E-state index contributed by atoms with van der Waals surface area (Å²) >= 11 is 0. The molecule has 0 aromatic heterocycles. The maximum absolute atomic E-state index is 12.9. The SMILES string of the molecule is Cc1cc(F)cc(NC(C#N)CO)c1. The highest BCUT2D eigenvalue weighted by atomic mass is 19.1. The first-order valence-corrected chi connectivity index (χ1v) is 4.20. The number of hydrogen-bond donors (Lipinski definition) is 2. The zero-order valence-corrected chi connectivity index (χ0v) is 7.79. The number of nitriles is 1. The third kappa shape index (κ3) is 2.71. The fourth-order valence-electron chi connectivity index (χ4n) is 1.14. The number of nitrogens with one attached hydrogen (secondary N) is 1. The molecule has 74 valence electrons. The summed E-state index contributed by atoms with van der Waals surface area (Å²) in [5, 5.41) is 20.0. The predicted molar refractivity (Wildman–Crippen MR) is 51.2 cm³/mol. The molecule has 0 spiro atoms. The van der Waals surface area contributed by atoms with Crippen LogP contribution in [0, 0.1) is 24.1 Å². The first kappa shape index (κ1) is 10.5. The van der Waals surface area contributed by atoms with Crippen LogP contribution < -0.4 is 5.32 Å². The standard InChI is InChI=1S/C10H11FN2O/c1-7-2-8(11)4-9(3-7)13-10(5-12)6-14/h2-4,10,13-14H,6H2,1H3. The number of rotatable bonds is 3. The number of halogens is 1. The molecule has 2 N–H and O–H groups in total. The smallest absolute Gasteiger partial charge is 0.137 e. The van der Waals surface area contributed by atoms with Gasteiger partial charge in [-0.2, -0.15) is 5.26 Å². The molecule has 1 atom stereocenters. The molecule has 0 aliphatic rings. The Morgan fingerprint density at radius 3 is 2.79 bits per heavy atom. The van der Waals surface area contributed by atoms with Crippen molar-refractivity contribution in [2.24, 2.45) is 0 Å². The van der Waals surface area contributed by atoms with E-state index in [0.29, 0.717) is 5.69 Å². The molecule has 1 aromatic rings. The van der Waals surface area contributed by atoms with Gasteiger partial charge in [-0.1, -0.05) is 0 Å². The normalized spacial score (nSPS) is 11.9. The van der Waals surface area contributed by atoms with Crippen molar-refractivity contribution in [1.82, 2.24) is 0 Å². The second kappa shape index (κ2) is 4.58. The van der Waals surface area contributed by atoms with Crippen LogP contribution >= 0.6 is 0 Å². The lowest BCUT2D eigenvalue weighted by atomic mass is 10.2. The van der Waals surface area contributed by atoms with Gasteiger partial charge in [-0.25, -0.2) is 4.39 Å². The van der Waals surface area contributed by atoms with Gasteiger partial charge in [0.25, 0.3) is 0 Å². The van der Waals surface area contributed by atoms with Gasteiger partial charge in [0.1, 0.15) is 11.9 Å². The second-order valence-corrected chi connectivity index (χ2v) is 3.03. The Kier molecular flexibility index (Phi) is 3.43. The Balaban J connectivity index is 2.82. The number of aryl methyl sites for hydroxylation is 1. The number of aliphatic hydroxyl groups excluding tert-OH is 1. The quantitative estimate of drug-likeness (QED) is 0.765. The molecule has 4 heteroatoms. The van der Waals surface area contributed by atoms with Crippen molar-refractivity contribution in [3.05, 3.63) is 29.6 Å². The van der Waals surface area contributed by atoms with Crippen LogP contribution in [0.1, 0.15) is 5.56 Å². The van der Waals surface area contributed by atoms with E-state index in [1.54, 1.807) is 13.0 Å².